The molecule has 3 heterocycles. The molecule has 0 radical (unpaired) electrons. The number of aromatic nitrogens is 1. The van der Waals surface area contributed by atoms with Gasteiger partial charge in [0.1, 0.15) is 0 Å². The molecule has 33 heavy (non-hydrogen) atoms. The first-order valence-corrected chi connectivity index (χ1v) is 11.7. The second-order valence-electron chi connectivity index (χ2n) is 9.33. The van der Waals surface area contributed by atoms with E-state index >= 15 is 0 Å². The smallest absolute Gasteiger partial charge is 0.407 e. The SMILES string of the molecule is CC1CN(CC2CCN(C(=O)CCCn3c(=O)oc4cc([N+](=O)[O-])ccc43)CC2)CC(C)O1. The maximum absolute atomic E-state index is 12.7. The van der Waals surface area contributed by atoms with Gasteiger partial charge in [-0.05, 0) is 45.1 Å². The molecule has 2 aliphatic heterocycles. The summed E-state index contributed by atoms with van der Waals surface area (Å²) in [5.41, 5.74) is 0.567. The van der Waals surface area contributed by atoms with Crippen LogP contribution in [0.4, 0.5) is 5.69 Å². The molecule has 2 saturated heterocycles. The molecule has 0 spiro atoms. The van der Waals surface area contributed by atoms with E-state index in [9.17, 15) is 19.7 Å². The minimum absolute atomic E-state index is 0.110. The van der Waals surface area contributed by atoms with Crippen LogP contribution in [-0.4, -0.2) is 70.1 Å². The van der Waals surface area contributed by atoms with Gasteiger partial charge in [-0.15, -0.1) is 0 Å². The first kappa shape index (κ1) is 23.4. The lowest BCUT2D eigenvalue weighted by Crippen LogP contribution is -2.48. The summed E-state index contributed by atoms with van der Waals surface area (Å²) in [7, 11) is 0. The van der Waals surface area contributed by atoms with Crippen molar-refractivity contribution in [1.82, 2.24) is 14.4 Å². The molecule has 4 rings (SSSR count). The third kappa shape index (κ3) is 5.62. The van der Waals surface area contributed by atoms with E-state index in [0.29, 0.717) is 30.8 Å². The summed E-state index contributed by atoms with van der Waals surface area (Å²) in [6, 6.07) is 4.11. The lowest BCUT2D eigenvalue weighted by Gasteiger charge is -2.39. The lowest BCUT2D eigenvalue weighted by molar-refractivity contribution is -0.384. The zero-order valence-electron chi connectivity index (χ0n) is 19.3. The van der Waals surface area contributed by atoms with Crippen molar-refractivity contribution >= 4 is 22.7 Å². The standard InChI is InChI=1S/C23H32N4O6/c1-16-13-24(14-17(2)32-16)15-18-7-10-25(11-8-18)22(28)4-3-9-26-20-6-5-19(27(30)31)12-21(20)33-23(26)29/h5-6,12,16-18H,3-4,7-11,13-15H2,1-2H3. The molecule has 2 atom stereocenters. The monoisotopic (exact) mass is 460 g/mol. The van der Waals surface area contributed by atoms with Gasteiger partial charge >= 0.3 is 5.76 Å². The van der Waals surface area contributed by atoms with Crippen LogP contribution in [0, 0.1) is 16.0 Å². The fourth-order valence-electron chi connectivity index (χ4n) is 5.09. The van der Waals surface area contributed by atoms with E-state index in [1.165, 1.54) is 22.8 Å². The molecule has 10 heteroatoms. The summed E-state index contributed by atoms with van der Waals surface area (Å²) in [5, 5.41) is 10.9. The van der Waals surface area contributed by atoms with Crippen molar-refractivity contribution in [2.45, 2.75) is 58.3 Å². The Hall–Kier alpha value is -2.72. The van der Waals surface area contributed by atoms with E-state index in [-0.39, 0.29) is 29.4 Å². The molecule has 2 unspecified atom stereocenters. The maximum atomic E-state index is 12.7. The van der Waals surface area contributed by atoms with Gasteiger partial charge in [0.15, 0.2) is 5.58 Å². The van der Waals surface area contributed by atoms with Crippen molar-refractivity contribution in [3.63, 3.8) is 0 Å². The number of nitrogens with zero attached hydrogens (tertiary/aromatic N) is 4. The topological polar surface area (TPSA) is 111 Å². The van der Waals surface area contributed by atoms with Crippen LogP contribution in [0.5, 0.6) is 0 Å². The normalized spacial score (nSPS) is 22.7. The maximum Gasteiger partial charge on any atom is 0.419 e. The predicted octanol–water partition coefficient (Wildman–Crippen LogP) is 2.63. The lowest BCUT2D eigenvalue weighted by atomic mass is 9.95. The molecule has 2 fully saturated rings. The highest BCUT2D eigenvalue weighted by molar-refractivity contribution is 5.77. The Morgan fingerprint density at radius 2 is 1.88 bits per heavy atom. The Balaban J connectivity index is 1.24. The molecule has 1 aromatic carbocycles. The molecule has 0 bridgehead atoms. The molecular weight excluding hydrogens is 428 g/mol. The number of benzene rings is 1. The number of oxazole rings is 1. The minimum Gasteiger partial charge on any atom is -0.407 e. The van der Waals surface area contributed by atoms with Crippen molar-refractivity contribution in [3.8, 4) is 0 Å². The predicted molar refractivity (Wildman–Crippen MR) is 122 cm³/mol. The Morgan fingerprint density at radius 1 is 1.18 bits per heavy atom. The van der Waals surface area contributed by atoms with Gasteiger partial charge in [0.25, 0.3) is 5.69 Å². The largest absolute Gasteiger partial charge is 0.419 e. The van der Waals surface area contributed by atoms with Gasteiger partial charge in [-0.2, -0.15) is 0 Å². The Labute approximate surface area is 192 Å². The highest BCUT2D eigenvalue weighted by Crippen LogP contribution is 2.23. The Morgan fingerprint density at radius 3 is 2.55 bits per heavy atom. The van der Waals surface area contributed by atoms with Gasteiger partial charge in [0, 0.05) is 51.8 Å². The number of non-ortho nitro benzene ring substituents is 1. The van der Waals surface area contributed by atoms with Crippen LogP contribution in [0.15, 0.2) is 27.4 Å². The average molecular weight is 461 g/mol. The van der Waals surface area contributed by atoms with Crippen LogP contribution >= 0.6 is 0 Å². The van der Waals surface area contributed by atoms with Crippen molar-refractivity contribution in [3.05, 3.63) is 38.9 Å². The molecule has 0 saturated carbocycles. The number of ether oxygens (including phenoxy) is 1. The quantitative estimate of drug-likeness (QED) is 0.461. The van der Waals surface area contributed by atoms with E-state index in [2.05, 4.69) is 18.7 Å². The number of likely N-dealkylation sites (tertiary alicyclic amines) is 1. The molecule has 1 aromatic heterocycles. The third-order valence-electron chi connectivity index (χ3n) is 6.61. The molecule has 1 amide bonds. The number of fused-ring (bicyclic) bond motifs is 1. The fraction of sp³-hybridized carbons (Fsp3) is 0.652. The van der Waals surface area contributed by atoms with Crippen LogP contribution in [0.3, 0.4) is 0 Å². The molecule has 0 N–H and O–H groups in total. The number of aryl methyl sites for hydroxylation is 1. The zero-order chi connectivity index (χ0) is 23.5. The van der Waals surface area contributed by atoms with Gasteiger partial charge in [-0.3, -0.25) is 24.4 Å². The summed E-state index contributed by atoms with van der Waals surface area (Å²) in [4.78, 5) is 39.6. The average Bonchev–Trinajstić information content (AvgIpc) is 3.07. The van der Waals surface area contributed by atoms with Crippen molar-refractivity contribution in [2.75, 3.05) is 32.7 Å². The Bertz CT molecular complexity index is 1040. The highest BCUT2D eigenvalue weighted by atomic mass is 16.6. The number of hydrogen-bond donors (Lipinski definition) is 0. The van der Waals surface area contributed by atoms with Crippen LogP contribution in [0.25, 0.3) is 11.1 Å². The first-order chi connectivity index (χ1) is 15.8. The van der Waals surface area contributed by atoms with E-state index in [4.69, 9.17) is 9.15 Å². The van der Waals surface area contributed by atoms with Crippen LogP contribution in [-0.2, 0) is 16.1 Å². The summed E-state index contributed by atoms with van der Waals surface area (Å²) >= 11 is 0. The zero-order valence-corrected chi connectivity index (χ0v) is 19.3. The molecular formula is C23H32N4O6. The minimum atomic E-state index is -0.564. The highest BCUT2D eigenvalue weighted by Gasteiger charge is 2.28. The van der Waals surface area contributed by atoms with Crippen LogP contribution in [0.1, 0.15) is 39.5 Å². The number of nitro benzene ring substituents is 1. The van der Waals surface area contributed by atoms with Crippen LogP contribution < -0.4 is 5.76 Å². The third-order valence-corrected chi connectivity index (χ3v) is 6.61. The summed E-state index contributed by atoms with van der Waals surface area (Å²) in [6.45, 7) is 9.13. The molecule has 180 valence electrons. The first-order valence-electron chi connectivity index (χ1n) is 11.7. The van der Waals surface area contributed by atoms with E-state index in [1.54, 1.807) is 0 Å². The number of piperidine rings is 1. The van der Waals surface area contributed by atoms with Crippen LogP contribution in [0.2, 0.25) is 0 Å². The van der Waals surface area contributed by atoms with Gasteiger partial charge in [-0.25, -0.2) is 4.79 Å². The van der Waals surface area contributed by atoms with E-state index in [1.807, 2.05) is 4.90 Å². The Kier molecular flexibility index (Phi) is 7.14. The molecule has 2 aliphatic rings. The second kappa shape index (κ2) is 10.0. The van der Waals surface area contributed by atoms with Gasteiger partial charge in [0.2, 0.25) is 5.91 Å². The van der Waals surface area contributed by atoms with E-state index < -0.39 is 10.7 Å². The summed E-state index contributed by atoms with van der Waals surface area (Å²) < 4.78 is 12.4. The summed E-state index contributed by atoms with van der Waals surface area (Å²) in [5.74, 6) is 0.149. The number of amides is 1. The second-order valence-corrected chi connectivity index (χ2v) is 9.33. The number of carbonyl (C=O) groups is 1. The van der Waals surface area contributed by atoms with Crippen molar-refractivity contribution in [2.24, 2.45) is 5.92 Å². The van der Waals surface area contributed by atoms with Gasteiger partial charge in [0.05, 0.1) is 28.7 Å². The number of rotatable bonds is 7. The number of nitro groups is 1. The van der Waals surface area contributed by atoms with Crippen molar-refractivity contribution < 1.29 is 18.9 Å². The number of carbonyl (C=O) groups excluding carboxylic acids is 1. The number of hydrogen-bond acceptors (Lipinski definition) is 7. The molecule has 0 aliphatic carbocycles. The van der Waals surface area contributed by atoms with Gasteiger partial charge < -0.3 is 14.1 Å². The molecule has 2 aromatic rings. The summed E-state index contributed by atoms with van der Waals surface area (Å²) in [6.07, 6.45) is 3.42. The number of morpholine rings is 1. The van der Waals surface area contributed by atoms with Crippen molar-refractivity contribution in [1.29, 1.82) is 0 Å². The fourth-order valence-corrected chi connectivity index (χ4v) is 5.09. The molecule has 10 nitrogen and oxygen atoms in total. The van der Waals surface area contributed by atoms with Gasteiger partial charge in [-0.1, -0.05) is 0 Å². The van der Waals surface area contributed by atoms with E-state index in [0.717, 1.165) is 45.6 Å².